The first-order chi connectivity index (χ1) is 8.99. The molecule has 1 aromatic heterocycles. The number of rotatable bonds is 7. The molecule has 0 radical (unpaired) electrons. The highest BCUT2D eigenvalue weighted by atomic mass is 19.4. The molecule has 0 spiro atoms. The summed E-state index contributed by atoms with van der Waals surface area (Å²) < 4.78 is 42.2. The first kappa shape index (κ1) is 15.7. The number of ether oxygens (including phenoxy) is 1. The lowest BCUT2D eigenvalue weighted by Crippen LogP contribution is -2.30. The first-order valence-electron chi connectivity index (χ1n) is 6.12. The molecule has 4 nitrogen and oxygen atoms in total. The van der Waals surface area contributed by atoms with Gasteiger partial charge in [-0.15, -0.1) is 0 Å². The summed E-state index contributed by atoms with van der Waals surface area (Å²) in [6.45, 7) is 3.78. The zero-order valence-electron chi connectivity index (χ0n) is 11.1. The summed E-state index contributed by atoms with van der Waals surface area (Å²) in [7, 11) is 1.58. The van der Waals surface area contributed by atoms with Crippen LogP contribution < -0.4 is 4.90 Å². The number of anilines is 1. The van der Waals surface area contributed by atoms with E-state index in [9.17, 15) is 13.2 Å². The van der Waals surface area contributed by atoms with Crippen molar-refractivity contribution in [2.75, 3.05) is 31.7 Å². The molecule has 1 aromatic rings. The number of aromatic nitrogens is 2. The van der Waals surface area contributed by atoms with E-state index in [2.05, 4.69) is 9.97 Å². The van der Waals surface area contributed by atoms with Gasteiger partial charge in [-0.3, -0.25) is 0 Å². The predicted octanol–water partition coefficient (Wildman–Crippen LogP) is 2.75. The van der Waals surface area contributed by atoms with Gasteiger partial charge in [-0.1, -0.05) is 13.3 Å². The molecule has 0 atom stereocenters. The number of halogens is 3. The minimum atomic E-state index is -4.40. The maximum absolute atomic E-state index is 12.4. The van der Waals surface area contributed by atoms with Crippen LogP contribution in [0.2, 0.25) is 0 Å². The van der Waals surface area contributed by atoms with Gasteiger partial charge in [-0.05, 0) is 6.42 Å². The summed E-state index contributed by atoms with van der Waals surface area (Å²) in [6.07, 6.45) is -0.861. The lowest BCUT2D eigenvalue weighted by molar-refractivity contribution is -0.138. The third-order valence-electron chi connectivity index (χ3n) is 2.60. The summed E-state index contributed by atoms with van der Waals surface area (Å²) in [5.41, 5.74) is -0.835. The van der Waals surface area contributed by atoms with Crippen LogP contribution in [0.25, 0.3) is 0 Å². The van der Waals surface area contributed by atoms with Crippen LogP contribution in [0.3, 0.4) is 0 Å². The normalized spacial score (nSPS) is 11.6. The molecule has 0 aliphatic carbocycles. The van der Waals surface area contributed by atoms with E-state index >= 15 is 0 Å². The van der Waals surface area contributed by atoms with Crippen LogP contribution in [0.1, 0.15) is 25.3 Å². The van der Waals surface area contributed by atoms with Gasteiger partial charge in [0, 0.05) is 32.6 Å². The minimum absolute atomic E-state index is 0.304. The van der Waals surface area contributed by atoms with E-state index in [1.807, 2.05) is 11.8 Å². The van der Waals surface area contributed by atoms with Crippen molar-refractivity contribution in [2.45, 2.75) is 25.9 Å². The maximum Gasteiger partial charge on any atom is 0.419 e. The van der Waals surface area contributed by atoms with Gasteiger partial charge in [0.1, 0.15) is 0 Å². The Hall–Kier alpha value is -1.37. The van der Waals surface area contributed by atoms with Gasteiger partial charge in [0.05, 0.1) is 12.2 Å². The molecule has 0 aromatic carbocycles. The number of methoxy groups -OCH3 is 1. The molecule has 1 heterocycles. The molecular weight excluding hydrogens is 259 g/mol. The van der Waals surface area contributed by atoms with Crippen LogP contribution in [-0.4, -0.2) is 36.8 Å². The summed E-state index contributed by atoms with van der Waals surface area (Å²) >= 11 is 0. The van der Waals surface area contributed by atoms with E-state index in [0.717, 1.165) is 25.2 Å². The minimum Gasteiger partial charge on any atom is -0.383 e. The molecule has 1 rings (SSSR count). The third-order valence-corrected chi connectivity index (χ3v) is 2.60. The van der Waals surface area contributed by atoms with Crippen LogP contribution >= 0.6 is 0 Å². The van der Waals surface area contributed by atoms with Gasteiger partial charge in [0.15, 0.2) is 0 Å². The van der Waals surface area contributed by atoms with Gasteiger partial charge < -0.3 is 9.64 Å². The summed E-state index contributed by atoms with van der Waals surface area (Å²) in [4.78, 5) is 9.41. The summed E-state index contributed by atoms with van der Waals surface area (Å²) in [6, 6.07) is 0. The van der Waals surface area contributed by atoms with E-state index in [1.54, 1.807) is 7.11 Å². The molecule has 0 fully saturated rings. The monoisotopic (exact) mass is 277 g/mol. The SMILES string of the molecule is CCCCN(CCOC)c1ncc(C(F)(F)F)cn1. The van der Waals surface area contributed by atoms with Crippen LogP contribution in [0.15, 0.2) is 12.4 Å². The molecule has 0 N–H and O–H groups in total. The fraction of sp³-hybridized carbons (Fsp3) is 0.667. The zero-order valence-corrected chi connectivity index (χ0v) is 11.1. The van der Waals surface area contributed by atoms with Gasteiger partial charge in [0.25, 0.3) is 0 Å². The average molecular weight is 277 g/mol. The molecule has 0 aliphatic heterocycles. The van der Waals surface area contributed by atoms with Gasteiger partial charge >= 0.3 is 6.18 Å². The number of unbranched alkanes of at least 4 members (excludes halogenated alkanes) is 1. The molecule has 0 saturated carbocycles. The average Bonchev–Trinajstić information content (AvgIpc) is 2.38. The van der Waals surface area contributed by atoms with Crippen molar-refractivity contribution in [1.82, 2.24) is 9.97 Å². The number of alkyl halides is 3. The Kier molecular flexibility index (Phi) is 6.01. The van der Waals surface area contributed by atoms with E-state index in [0.29, 0.717) is 25.6 Å². The fourth-order valence-electron chi connectivity index (χ4n) is 1.49. The molecule has 0 aliphatic rings. The van der Waals surface area contributed by atoms with E-state index in [4.69, 9.17) is 4.74 Å². The molecule has 108 valence electrons. The molecule has 0 unspecified atom stereocenters. The second kappa shape index (κ2) is 7.28. The maximum atomic E-state index is 12.4. The van der Waals surface area contributed by atoms with Crippen molar-refractivity contribution in [1.29, 1.82) is 0 Å². The number of hydrogen-bond acceptors (Lipinski definition) is 4. The Balaban J connectivity index is 2.78. The van der Waals surface area contributed by atoms with Crippen molar-refractivity contribution in [3.8, 4) is 0 Å². The highest BCUT2D eigenvalue weighted by Crippen LogP contribution is 2.28. The third kappa shape index (κ3) is 5.02. The summed E-state index contributed by atoms with van der Waals surface area (Å²) in [5.74, 6) is 0.304. The molecule has 0 amide bonds. The lowest BCUT2D eigenvalue weighted by atomic mass is 10.3. The smallest absolute Gasteiger partial charge is 0.383 e. The Morgan fingerprint density at radius 1 is 1.21 bits per heavy atom. The van der Waals surface area contributed by atoms with Gasteiger partial charge in [-0.2, -0.15) is 13.2 Å². The molecule has 0 bridgehead atoms. The quantitative estimate of drug-likeness (QED) is 0.768. The van der Waals surface area contributed by atoms with E-state index in [1.165, 1.54) is 0 Å². The topological polar surface area (TPSA) is 38.2 Å². The van der Waals surface area contributed by atoms with Crippen LogP contribution in [0, 0.1) is 0 Å². The summed E-state index contributed by atoms with van der Waals surface area (Å²) in [5, 5.41) is 0. The predicted molar refractivity (Wildman–Crippen MR) is 66.0 cm³/mol. The highest BCUT2D eigenvalue weighted by molar-refractivity contribution is 5.30. The lowest BCUT2D eigenvalue weighted by Gasteiger charge is -2.22. The van der Waals surface area contributed by atoms with Crippen LogP contribution in [0.4, 0.5) is 19.1 Å². The second-order valence-electron chi connectivity index (χ2n) is 4.10. The Labute approximate surface area is 110 Å². The first-order valence-corrected chi connectivity index (χ1v) is 6.12. The largest absolute Gasteiger partial charge is 0.419 e. The Morgan fingerprint density at radius 3 is 2.32 bits per heavy atom. The standard InChI is InChI=1S/C12H18F3N3O/c1-3-4-5-18(6-7-19-2)11-16-8-10(9-17-11)12(13,14)15/h8-9H,3-7H2,1-2H3. The van der Waals surface area contributed by atoms with E-state index < -0.39 is 11.7 Å². The molecular formula is C12H18F3N3O. The van der Waals surface area contributed by atoms with Crippen molar-refractivity contribution >= 4 is 5.95 Å². The number of nitrogens with zero attached hydrogens (tertiary/aromatic N) is 3. The van der Waals surface area contributed by atoms with Crippen molar-refractivity contribution < 1.29 is 17.9 Å². The van der Waals surface area contributed by atoms with Crippen molar-refractivity contribution in [3.05, 3.63) is 18.0 Å². The number of hydrogen-bond donors (Lipinski definition) is 0. The second-order valence-corrected chi connectivity index (χ2v) is 4.10. The zero-order chi connectivity index (χ0) is 14.3. The van der Waals surface area contributed by atoms with Gasteiger partial charge in [-0.25, -0.2) is 9.97 Å². The van der Waals surface area contributed by atoms with Crippen LogP contribution in [0.5, 0.6) is 0 Å². The molecule has 0 saturated heterocycles. The Morgan fingerprint density at radius 2 is 1.84 bits per heavy atom. The van der Waals surface area contributed by atoms with Crippen molar-refractivity contribution in [2.24, 2.45) is 0 Å². The highest BCUT2D eigenvalue weighted by Gasteiger charge is 2.31. The fourth-order valence-corrected chi connectivity index (χ4v) is 1.49. The molecule has 19 heavy (non-hydrogen) atoms. The Bertz CT molecular complexity index is 359. The van der Waals surface area contributed by atoms with Crippen molar-refractivity contribution in [3.63, 3.8) is 0 Å². The van der Waals surface area contributed by atoms with Gasteiger partial charge in [0.2, 0.25) is 5.95 Å². The van der Waals surface area contributed by atoms with E-state index in [-0.39, 0.29) is 0 Å². The van der Waals surface area contributed by atoms with Crippen LogP contribution in [-0.2, 0) is 10.9 Å². The molecule has 7 heteroatoms.